The molecule has 16 heavy (non-hydrogen) atoms. The zero-order valence-electron chi connectivity index (χ0n) is 11.6. The molecule has 0 aromatic carbocycles. The van der Waals surface area contributed by atoms with Gasteiger partial charge in [-0.2, -0.15) is 0 Å². The average Bonchev–Trinajstić information content (AvgIpc) is 3.05. The Morgan fingerprint density at radius 3 is 2.38 bits per heavy atom. The first-order chi connectivity index (χ1) is 7.61. The van der Waals surface area contributed by atoms with E-state index in [2.05, 4.69) is 38.0 Å². The fourth-order valence-corrected chi connectivity index (χ4v) is 2.20. The van der Waals surface area contributed by atoms with Gasteiger partial charge >= 0.3 is 0 Å². The van der Waals surface area contributed by atoms with Crippen molar-refractivity contribution >= 4 is 0 Å². The van der Waals surface area contributed by atoms with Gasteiger partial charge in [0.15, 0.2) is 0 Å². The van der Waals surface area contributed by atoms with E-state index in [1.807, 2.05) is 0 Å². The van der Waals surface area contributed by atoms with Crippen molar-refractivity contribution in [1.82, 2.24) is 10.2 Å². The summed E-state index contributed by atoms with van der Waals surface area (Å²) in [6, 6.07) is 1.45. The van der Waals surface area contributed by atoms with Crippen molar-refractivity contribution in [3.63, 3.8) is 0 Å². The van der Waals surface area contributed by atoms with Crippen LogP contribution in [0.3, 0.4) is 0 Å². The molecular formula is C14H30N2. The Morgan fingerprint density at radius 1 is 1.12 bits per heavy atom. The van der Waals surface area contributed by atoms with Gasteiger partial charge in [-0.15, -0.1) is 0 Å². The van der Waals surface area contributed by atoms with Crippen molar-refractivity contribution < 1.29 is 0 Å². The van der Waals surface area contributed by atoms with Gasteiger partial charge in [0.05, 0.1) is 0 Å². The molecule has 0 amide bonds. The molecule has 1 atom stereocenters. The molecule has 1 unspecified atom stereocenters. The van der Waals surface area contributed by atoms with Crippen LogP contribution in [0, 0.1) is 5.92 Å². The maximum Gasteiger partial charge on any atom is 0.00921 e. The summed E-state index contributed by atoms with van der Waals surface area (Å²) >= 11 is 0. The Hall–Kier alpha value is -0.0800. The van der Waals surface area contributed by atoms with E-state index in [-0.39, 0.29) is 0 Å². The normalized spacial score (nSPS) is 18.4. The predicted octanol–water partition coefficient (Wildman–Crippen LogP) is 2.89. The van der Waals surface area contributed by atoms with E-state index < -0.39 is 0 Å². The van der Waals surface area contributed by atoms with Crippen molar-refractivity contribution in [2.45, 2.75) is 65.0 Å². The minimum absolute atomic E-state index is 0.637. The summed E-state index contributed by atoms with van der Waals surface area (Å²) in [4.78, 5) is 2.55. The molecule has 2 nitrogen and oxygen atoms in total. The predicted molar refractivity (Wildman–Crippen MR) is 71.8 cm³/mol. The van der Waals surface area contributed by atoms with E-state index in [4.69, 9.17) is 0 Å². The third-order valence-corrected chi connectivity index (χ3v) is 3.74. The van der Waals surface area contributed by atoms with E-state index in [1.54, 1.807) is 0 Å². The molecule has 0 aliphatic heterocycles. The van der Waals surface area contributed by atoms with Gasteiger partial charge in [-0.05, 0) is 58.7 Å². The smallest absolute Gasteiger partial charge is 0.00921 e. The summed E-state index contributed by atoms with van der Waals surface area (Å²) in [6.07, 6.45) is 6.96. The topological polar surface area (TPSA) is 15.3 Å². The van der Waals surface area contributed by atoms with Crippen molar-refractivity contribution in [2.75, 3.05) is 20.1 Å². The second kappa shape index (κ2) is 7.29. The first kappa shape index (κ1) is 14.0. The summed E-state index contributed by atoms with van der Waals surface area (Å²) in [5.74, 6) is 1.01. The second-order valence-corrected chi connectivity index (χ2v) is 5.73. The molecule has 1 fully saturated rings. The lowest BCUT2D eigenvalue weighted by molar-refractivity contribution is 0.229. The molecule has 1 N–H and O–H groups in total. The molecule has 96 valence electrons. The zero-order chi connectivity index (χ0) is 12.0. The fourth-order valence-electron chi connectivity index (χ4n) is 2.20. The maximum absolute atomic E-state index is 3.47. The highest BCUT2D eigenvalue weighted by atomic mass is 15.1. The van der Waals surface area contributed by atoms with Gasteiger partial charge in [0.2, 0.25) is 0 Å². The molecule has 1 aliphatic rings. The minimum atomic E-state index is 0.637. The van der Waals surface area contributed by atoms with Gasteiger partial charge in [-0.3, -0.25) is 0 Å². The third-order valence-electron chi connectivity index (χ3n) is 3.74. The minimum Gasteiger partial charge on any atom is -0.315 e. The summed E-state index contributed by atoms with van der Waals surface area (Å²) in [6.45, 7) is 9.27. The maximum atomic E-state index is 3.47. The van der Waals surface area contributed by atoms with Gasteiger partial charge < -0.3 is 10.2 Å². The van der Waals surface area contributed by atoms with Gasteiger partial charge in [0.25, 0.3) is 0 Å². The molecule has 0 bridgehead atoms. The van der Waals surface area contributed by atoms with Crippen molar-refractivity contribution in [3.05, 3.63) is 0 Å². The molecule has 0 aromatic heterocycles. The fraction of sp³-hybridized carbons (Fsp3) is 1.00. The highest BCUT2D eigenvalue weighted by Gasteiger charge is 2.29. The standard InChI is InChI=1S/C14H30N2/c1-12(2)15-10-6-5-7-11-16(4)13(3)14-8-9-14/h12-15H,5-11H2,1-4H3. The number of unbranched alkanes of at least 4 members (excludes halogenated alkanes) is 2. The van der Waals surface area contributed by atoms with Crippen molar-refractivity contribution in [1.29, 1.82) is 0 Å². The van der Waals surface area contributed by atoms with Crippen LogP contribution in [0.1, 0.15) is 52.9 Å². The van der Waals surface area contributed by atoms with Crippen LogP contribution < -0.4 is 5.32 Å². The van der Waals surface area contributed by atoms with E-state index in [0.29, 0.717) is 6.04 Å². The van der Waals surface area contributed by atoms with Crippen LogP contribution >= 0.6 is 0 Å². The van der Waals surface area contributed by atoms with Crippen LogP contribution in [0.15, 0.2) is 0 Å². The molecule has 2 heteroatoms. The molecule has 0 aromatic rings. The molecule has 1 rings (SSSR count). The van der Waals surface area contributed by atoms with Crippen LogP contribution in [-0.2, 0) is 0 Å². The highest BCUT2D eigenvalue weighted by molar-refractivity contribution is 4.83. The Morgan fingerprint density at radius 2 is 1.81 bits per heavy atom. The first-order valence-electron chi connectivity index (χ1n) is 7.05. The average molecular weight is 226 g/mol. The first-order valence-corrected chi connectivity index (χ1v) is 7.05. The molecule has 0 radical (unpaired) electrons. The highest BCUT2D eigenvalue weighted by Crippen LogP contribution is 2.34. The van der Waals surface area contributed by atoms with Crippen LogP contribution in [0.4, 0.5) is 0 Å². The molecule has 1 aliphatic carbocycles. The van der Waals surface area contributed by atoms with Crippen molar-refractivity contribution in [3.8, 4) is 0 Å². The Labute approximate surface area is 102 Å². The van der Waals surface area contributed by atoms with Crippen LogP contribution in [0.2, 0.25) is 0 Å². The molecule has 0 saturated heterocycles. The summed E-state index contributed by atoms with van der Waals surface area (Å²) in [7, 11) is 2.29. The van der Waals surface area contributed by atoms with Gasteiger partial charge in [-0.1, -0.05) is 20.3 Å². The van der Waals surface area contributed by atoms with E-state index in [9.17, 15) is 0 Å². The van der Waals surface area contributed by atoms with E-state index >= 15 is 0 Å². The number of hydrogen-bond acceptors (Lipinski definition) is 2. The van der Waals surface area contributed by atoms with Crippen LogP contribution in [0.25, 0.3) is 0 Å². The van der Waals surface area contributed by atoms with Crippen molar-refractivity contribution in [2.24, 2.45) is 5.92 Å². The molecule has 1 saturated carbocycles. The Balaban J connectivity index is 1.90. The zero-order valence-corrected chi connectivity index (χ0v) is 11.6. The van der Waals surface area contributed by atoms with Crippen LogP contribution in [-0.4, -0.2) is 37.1 Å². The second-order valence-electron chi connectivity index (χ2n) is 5.73. The van der Waals surface area contributed by atoms with Crippen LogP contribution in [0.5, 0.6) is 0 Å². The Bertz CT molecular complexity index is 176. The van der Waals surface area contributed by atoms with Gasteiger partial charge in [0, 0.05) is 12.1 Å². The van der Waals surface area contributed by atoms with E-state index in [0.717, 1.165) is 12.0 Å². The van der Waals surface area contributed by atoms with Gasteiger partial charge in [0.1, 0.15) is 0 Å². The lowest BCUT2D eigenvalue weighted by Crippen LogP contribution is -2.31. The molecule has 0 spiro atoms. The number of rotatable bonds is 9. The summed E-state index contributed by atoms with van der Waals surface area (Å²) in [5, 5.41) is 3.47. The van der Waals surface area contributed by atoms with Gasteiger partial charge in [-0.25, -0.2) is 0 Å². The number of nitrogens with zero attached hydrogens (tertiary/aromatic N) is 1. The monoisotopic (exact) mass is 226 g/mol. The third kappa shape index (κ3) is 5.86. The molecule has 0 heterocycles. The SMILES string of the molecule is CC(C)NCCCCCN(C)C(C)C1CC1. The summed E-state index contributed by atoms with van der Waals surface area (Å²) in [5.41, 5.74) is 0. The van der Waals surface area contributed by atoms with E-state index in [1.165, 1.54) is 45.2 Å². The molecular weight excluding hydrogens is 196 g/mol. The summed E-state index contributed by atoms with van der Waals surface area (Å²) < 4.78 is 0. The largest absolute Gasteiger partial charge is 0.315 e. The Kier molecular flexibility index (Phi) is 6.37. The quantitative estimate of drug-likeness (QED) is 0.608. The number of hydrogen-bond donors (Lipinski definition) is 1. The lowest BCUT2D eigenvalue weighted by Gasteiger charge is -2.24. The lowest BCUT2D eigenvalue weighted by atomic mass is 10.1. The number of nitrogens with one attached hydrogen (secondary N) is 1.